The van der Waals surface area contributed by atoms with Crippen molar-refractivity contribution in [1.29, 1.82) is 0 Å². The van der Waals surface area contributed by atoms with Gasteiger partial charge in [-0.05, 0) is 49.6 Å². The molecule has 0 radical (unpaired) electrons. The lowest BCUT2D eigenvalue weighted by atomic mass is 10.0. The molecule has 8 heteroatoms. The average molecular weight is 403 g/mol. The van der Waals surface area contributed by atoms with Gasteiger partial charge >= 0.3 is 5.82 Å². The third-order valence-electron chi connectivity index (χ3n) is 3.50. The Morgan fingerprint density at radius 1 is 1.16 bits per heavy atom. The van der Waals surface area contributed by atoms with Crippen LogP contribution in [-0.4, -0.2) is 14.9 Å². The molecule has 0 aliphatic heterocycles. The minimum atomic E-state index is -0.711. The van der Waals surface area contributed by atoms with Crippen LogP contribution in [0.2, 0.25) is 0 Å². The second kappa shape index (κ2) is 7.35. The number of nitrogens with one attached hydrogen (secondary N) is 1. The van der Waals surface area contributed by atoms with Gasteiger partial charge in [0.25, 0.3) is 0 Å². The highest BCUT2D eigenvalue weighted by Crippen LogP contribution is 2.32. The van der Waals surface area contributed by atoms with E-state index in [0.717, 1.165) is 5.56 Å². The molecule has 0 amide bonds. The second-order valence-corrected chi connectivity index (χ2v) is 6.06. The van der Waals surface area contributed by atoms with Crippen molar-refractivity contribution in [3.05, 3.63) is 92.6 Å². The van der Waals surface area contributed by atoms with Gasteiger partial charge in [-0.3, -0.25) is 4.98 Å². The van der Waals surface area contributed by atoms with Crippen LogP contribution >= 0.6 is 15.9 Å². The minimum Gasteiger partial charge on any atom is -0.366 e. The molecule has 0 aliphatic carbocycles. The Morgan fingerprint density at radius 3 is 2.60 bits per heavy atom. The molecule has 0 aliphatic rings. The van der Waals surface area contributed by atoms with Gasteiger partial charge in [-0.25, -0.2) is 4.39 Å². The summed E-state index contributed by atoms with van der Waals surface area (Å²) in [4.78, 5) is 18.6. The molecule has 0 bridgehead atoms. The van der Waals surface area contributed by atoms with E-state index in [1.165, 1.54) is 30.6 Å². The highest BCUT2D eigenvalue weighted by Gasteiger charge is 2.24. The van der Waals surface area contributed by atoms with Gasteiger partial charge in [0, 0.05) is 6.20 Å². The maximum atomic E-state index is 14.3. The Labute approximate surface area is 151 Å². The smallest absolute Gasteiger partial charge is 0.366 e. The predicted octanol–water partition coefficient (Wildman–Crippen LogP) is 4.49. The predicted molar refractivity (Wildman–Crippen MR) is 94.7 cm³/mol. The normalized spacial score (nSPS) is 11.8. The van der Waals surface area contributed by atoms with Crippen molar-refractivity contribution in [1.82, 2.24) is 9.97 Å². The van der Waals surface area contributed by atoms with E-state index in [9.17, 15) is 14.5 Å². The van der Waals surface area contributed by atoms with E-state index >= 15 is 0 Å². The molecule has 0 spiro atoms. The van der Waals surface area contributed by atoms with Crippen LogP contribution in [0.25, 0.3) is 0 Å². The zero-order valence-corrected chi connectivity index (χ0v) is 14.4. The van der Waals surface area contributed by atoms with Gasteiger partial charge in [0.05, 0.1) is 10.5 Å². The van der Waals surface area contributed by atoms with Gasteiger partial charge < -0.3 is 15.4 Å². The number of nitro groups is 1. The van der Waals surface area contributed by atoms with Crippen molar-refractivity contribution in [2.45, 2.75) is 6.04 Å². The number of anilines is 1. The Balaban J connectivity index is 2.10. The first-order chi connectivity index (χ1) is 12.1. The van der Waals surface area contributed by atoms with E-state index in [1.54, 1.807) is 24.3 Å². The number of hydrogen-bond donors (Lipinski definition) is 1. The molecule has 1 atom stereocenters. The van der Waals surface area contributed by atoms with Gasteiger partial charge in [0.15, 0.2) is 6.20 Å². The number of hydrogen-bond acceptors (Lipinski definition) is 5. The molecule has 3 rings (SSSR count). The van der Waals surface area contributed by atoms with Gasteiger partial charge in [0.2, 0.25) is 0 Å². The number of halogens is 2. The lowest BCUT2D eigenvalue weighted by Gasteiger charge is -2.20. The fourth-order valence-electron chi connectivity index (χ4n) is 2.40. The van der Waals surface area contributed by atoms with Crippen molar-refractivity contribution < 1.29 is 9.31 Å². The first-order valence-electron chi connectivity index (χ1n) is 7.28. The van der Waals surface area contributed by atoms with Crippen LogP contribution < -0.4 is 5.32 Å². The summed E-state index contributed by atoms with van der Waals surface area (Å²) in [5.41, 5.74) is 1.02. The molecule has 1 aromatic carbocycles. The number of nitrogens with zero attached hydrogens (tertiary/aromatic N) is 3. The largest absolute Gasteiger partial charge is 0.387 e. The van der Waals surface area contributed by atoms with Crippen molar-refractivity contribution in [2.24, 2.45) is 0 Å². The lowest BCUT2D eigenvalue weighted by Crippen LogP contribution is -2.16. The summed E-state index contributed by atoms with van der Waals surface area (Å²) in [5.74, 6) is -0.852. The second-order valence-electron chi connectivity index (χ2n) is 5.14. The molecule has 1 unspecified atom stereocenters. The third kappa shape index (κ3) is 3.80. The molecule has 25 heavy (non-hydrogen) atoms. The van der Waals surface area contributed by atoms with E-state index in [1.807, 2.05) is 6.07 Å². The van der Waals surface area contributed by atoms with Crippen molar-refractivity contribution in [3.8, 4) is 0 Å². The molecule has 1 N–H and O–H groups in total. The van der Waals surface area contributed by atoms with Gasteiger partial charge in [-0.1, -0.05) is 30.3 Å². The summed E-state index contributed by atoms with van der Waals surface area (Å²) < 4.78 is 14.9. The molecule has 0 saturated carbocycles. The summed E-state index contributed by atoms with van der Waals surface area (Å²) in [6.45, 7) is 0. The van der Waals surface area contributed by atoms with Crippen molar-refractivity contribution in [2.75, 3.05) is 5.32 Å². The summed E-state index contributed by atoms with van der Waals surface area (Å²) in [6.07, 6.45) is 2.81. The maximum Gasteiger partial charge on any atom is 0.387 e. The fraction of sp³-hybridized carbons (Fsp3) is 0.0588. The van der Waals surface area contributed by atoms with E-state index in [0.29, 0.717) is 4.47 Å². The van der Waals surface area contributed by atoms with Crippen LogP contribution in [0.4, 0.5) is 15.9 Å². The Hall–Kier alpha value is -2.87. The highest BCUT2D eigenvalue weighted by atomic mass is 79.9. The zero-order chi connectivity index (χ0) is 17.8. The average Bonchev–Trinajstić information content (AvgIpc) is 2.61. The van der Waals surface area contributed by atoms with E-state index in [-0.39, 0.29) is 17.2 Å². The Kier molecular flexibility index (Phi) is 4.99. The monoisotopic (exact) mass is 402 g/mol. The van der Waals surface area contributed by atoms with Crippen LogP contribution in [0, 0.1) is 15.9 Å². The van der Waals surface area contributed by atoms with Crippen molar-refractivity contribution in [3.63, 3.8) is 0 Å². The number of benzene rings is 1. The highest BCUT2D eigenvalue weighted by molar-refractivity contribution is 9.10. The quantitative estimate of drug-likeness (QED) is 0.502. The number of pyridine rings is 2. The molecule has 0 fully saturated rings. The molecular weight excluding hydrogens is 391 g/mol. The van der Waals surface area contributed by atoms with Crippen LogP contribution in [0.1, 0.15) is 17.3 Å². The van der Waals surface area contributed by atoms with Crippen LogP contribution in [0.3, 0.4) is 0 Å². The zero-order valence-electron chi connectivity index (χ0n) is 12.8. The topological polar surface area (TPSA) is 81.0 Å². The maximum absolute atomic E-state index is 14.3. The van der Waals surface area contributed by atoms with Crippen LogP contribution in [0.5, 0.6) is 0 Å². The molecule has 126 valence electrons. The summed E-state index contributed by atoms with van der Waals surface area (Å²) in [7, 11) is 0. The first-order valence-corrected chi connectivity index (χ1v) is 8.07. The third-order valence-corrected chi connectivity index (χ3v) is 3.93. The number of aromatic nitrogens is 2. The first kappa shape index (κ1) is 17.0. The van der Waals surface area contributed by atoms with E-state index < -0.39 is 16.8 Å². The lowest BCUT2D eigenvalue weighted by molar-refractivity contribution is -0.388. The Bertz CT molecular complexity index is 908. The van der Waals surface area contributed by atoms with Crippen LogP contribution in [0.15, 0.2) is 65.4 Å². The Morgan fingerprint density at radius 2 is 1.92 bits per heavy atom. The summed E-state index contributed by atoms with van der Waals surface area (Å²) >= 11 is 3.25. The van der Waals surface area contributed by atoms with Gasteiger partial charge in [-0.15, -0.1) is 0 Å². The fourth-order valence-corrected chi connectivity index (χ4v) is 2.74. The van der Waals surface area contributed by atoms with Crippen LogP contribution in [-0.2, 0) is 0 Å². The molecule has 6 nitrogen and oxygen atoms in total. The summed E-state index contributed by atoms with van der Waals surface area (Å²) in [5, 5.41) is 14.3. The SMILES string of the molecule is O=[N+]([O-])c1ncc(Br)cc1NC(c1ccccc1)c1ncccc1F. The standard InChI is InChI=1S/C17H12BrFN4O2/c18-12-9-14(17(21-10-12)23(24)25)22-15(11-5-2-1-3-6-11)16-13(19)7-4-8-20-16/h1-10,15,22H. The molecule has 2 heterocycles. The van der Waals surface area contributed by atoms with E-state index in [4.69, 9.17) is 0 Å². The molecular formula is C17H12BrFN4O2. The molecule has 0 saturated heterocycles. The van der Waals surface area contributed by atoms with E-state index in [2.05, 4.69) is 31.2 Å². The van der Waals surface area contributed by atoms with Crippen molar-refractivity contribution >= 4 is 27.4 Å². The molecule has 2 aromatic heterocycles. The number of rotatable bonds is 5. The van der Waals surface area contributed by atoms with Gasteiger partial charge in [-0.2, -0.15) is 0 Å². The minimum absolute atomic E-state index is 0.142. The summed E-state index contributed by atoms with van der Waals surface area (Å²) in [6, 6.07) is 12.6. The van der Waals surface area contributed by atoms with Gasteiger partial charge in [0.1, 0.15) is 17.2 Å². The molecule has 3 aromatic rings.